The van der Waals surface area contributed by atoms with Crippen molar-refractivity contribution in [3.63, 3.8) is 0 Å². The van der Waals surface area contributed by atoms with Crippen molar-refractivity contribution in [2.45, 2.75) is 56.8 Å². The van der Waals surface area contributed by atoms with E-state index in [1.807, 2.05) is 43.3 Å². The monoisotopic (exact) mass is 1020 g/mol. The van der Waals surface area contributed by atoms with Gasteiger partial charge in [0, 0.05) is 23.1 Å². The second-order valence-corrected chi connectivity index (χ2v) is 19.6. The van der Waals surface area contributed by atoms with Crippen molar-refractivity contribution in [2.75, 3.05) is 20.3 Å². The maximum absolute atomic E-state index is 14.3. The van der Waals surface area contributed by atoms with Crippen molar-refractivity contribution in [2.24, 2.45) is 0 Å². The third-order valence-corrected chi connectivity index (χ3v) is 14.4. The number of thiophene rings is 1. The number of para-hydroxylation sites is 1. The number of aromatic nitrogens is 4. The molecule has 5 heterocycles. The molecule has 0 unspecified atom stereocenters. The molecular weight excluding hydrogens is 979 g/mol. The van der Waals surface area contributed by atoms with Gasteiger partial charge in [0.05, 0.1) is 45.3 Å². The summed E-state index contributed by atoms with van der Waals surface area (Å²) < 4.78 is 77.9. The predicted octanol–water partition coefficient (Wildman–Crippen LogP) is 11.5. The van der Waals surface area contributed by atoms with Crippen molar-refractivity contribution in [1.29, 1.82) is 0 Å². The van der Waals surface area contributed by atoms with Crippen LogP contribution in [-0.4, -0.2) is 66.9 Å². The number of ether oxygens (including phenoxy) is 5. The molecular formula is C52H43Cl2FN4O9S2. The zero-order valence-corrected chi connectivity index (χ0v) is 41.0. The van der Waals surface area contributed by atoms with Gasteiger partial charge in [-0.05, 0) is 110 Å². The van der Waals surface area contributed by atoms with E-state index in [0.29, 0.717) is 72.3 Å². The summed E-state index contributed by atoms with van der Waals surface area (Å²) in [5, 5.41) is 0.640. The Balaban J connectivity index is 1.15. The van der Waals surface area contributed by atoms with Gasteiger partial charge in [-0.15, -0.1) is 11.3 Å². The number of nitrogens with zero attached hydrogens (tertiary/aromatic N) is 4. The number of rotatable bonds is 12. The molecule has 0 saturated carbocycles. The maximum Gasteiger partial charge on any atom is 0.347 e. The number of fused-ring (bicyclic) bond motifs is 7. The summed E-state index contributed by atoms with van der Waals surface area (Å²) in [6.45, 7) is 3.26. The molecule has 5 aromatic carbocycles. The van der Waals surface area contributed by atoms with Crippen molar-refractivity contribution in [3.05, 3.63) is 160 Å². The highest BCUT2D eigenvalue weighted by molar-refractivity contribution is 7.86. The normalized spacial score (nSPS) is 14.9. The second kappa shape index (κ2) is 21.1. The topological polar surface area (TPSA) is 158 Å². The summed E-state index contributed by atoms with van der Waals surface area (Å²) in [7, 11) is -2.63. The largest absolute Gasteiger partial charge is 0.496 e. The molecule has 358 valence electrons. The molecule has 4 bridgehead atoms. The molecule has 0 aliphatic carbocycles. The third-order valence-electron chi connectivity index (χ3n) is 11.4. The average molecular weight is 1020 g/mol. The van der Waals surface area contributed by atoms with Crippen LogP contribution in [0.3, 0.4) is 0 Å². The van der Waals surface area contributed by atoms with Crippen LogP contribution < -0.4 is 18.9 Å². The highest BCUT2D eigenvalue weighted by Gasteiger charge is 2.30. The van der Waals surface area contributed by atoms with Gasteiger partial charge in [0.1, 0.15) is 47.8 Å². The molecule has 70 heavy (non-hydrogen) atoms. The molecule has 13 nitrogen and oxygen atoms in total. The fraction of sp³-hybridized carbons (Fsp3) is 0.212. The first-order chi connectivity index (χ1) is 33.9. The van der Waals surface area contributed by atoms with E-state index in [0.717, 1.165) is 11.1 Å². The Bertz CT molecular complexity index is 3300. The Labute approximate surface area is 417 Å². The quantitative estimate of drug-likeness (QED) is 0.0841. The van der Waals surface area contributed by atoms with Gasteiger partial charge in [-0.3, -0.25) is 4.18 Å². The molecule has 8 aromatic rings. The minimum Gasteiger partial charge on any atom is -0.496 e. The molecule has 2 aliphatic rings. The number of halogens is 3. The van der Waals surface area contributed by atoms with Crippen LogP contribution in [-0.2, 0) is 43.3 Å². The van der Waals surface area contributed by atoms with E-state index in [4.69, 9.17) is 56.1 Å². The Morgan fingerprint density at radius 3 is 2.41 bits per heavy atom. The predicted molar refractivity (Wildman–Crippen MR) is 265 cm³/mol. The Kier molecular flexibility index (Phi) is 14.6. The molecule has 3 aromatic heterocycles. The highest BCUT2D eigenvalue weighted by atomic mass is 35.5. The lowest BCUT2D eigenvalue weighted by Gasteiger charge is -2.22. The molecule has 18 heteroatoms. The number of esters is 1. The van der Waals surface area contributed by atoms with Crippen LogP contribution >= 0.6 is 34.5 Å². The minimum atomic E-state index is -4.21. The molecule has 2 atom stereocenters. The molecule has 10 rings (SSSR count). The van der Waals surface area contributed by atoms with Gasteiger partial charge in [0.25, 0.3) is 10.1 Å². The number of benzene rings is 5. The first-order valence-electron chi connectivity index (χ1n) is 22.1. The summed E-state index contributed by atoms with van der Waals surface area (Å²) >= 11 is 15.4. The maximum atomic E-state index is 14.3. The molecule has 0 N–H and O–H groups in total. The number of carbonyl (C=O) groups is 1. The fourth-order valence-electron chi connectivity index (χ4n) is 7.92. The van der Waals surface area contributed by atoms with E-state index in [1.54, 1.807) is 68.8 Å². The van der Waals surface area contributed by atoms with Gasteiger partial charge in [-0.2, -0.15) is 8.42 Å². The van der Waals surface area contributed by atoms with Crippen molar-refractivity contribution in [3.8, 4) is 56.1 Å². The van der Waals surface area contributed by atoms with Gasteiger partial charge in [0.2, 0.25) is 12.0 Å². The molecule has 0 fully saturated rings. The number of methoxy groups -OCH3 is 1. The summed E-state index contributed by atoms with van der Waals surface area (Å²) in [5.74, 6) is 0.565. The summed E-state index contributed by atoms with van der Waals surface area (Å²) in [6.07, 6.45) is 1.33. The summed E-state index contributed by atoms with van der Waals surface area (Å²) in [4.78, 5) is 33.6. The van der Waals surface area contributed by atoms with Gasteiger partial charge in [0.15, 0.2) is 11.6 Å². The Hall–Kier alpha value is -6.69. The standard InChI is InChI=1S/C52H43Cl2FN4O9S2/c1-4-64-52(60)44-26-33-23-31(12-20-42(33)65-27-36-21-22-56-49(59-36)39-7-5-6-8-43(39)63-3)11-17-37(28-66-70(61,62)38-18-9-30(2)10-19-38)67-47-40(53)24-34(25-41(47)54)45-46-50(68-44)57-29-58-51(46)69-48(45)32-13-15-35(55)16-14-32/h5-10,12-16,18-25,29,37,44H,4,11,17,26-28H2,1-3H3/t37-,44-/m1/s1. The zero-order chi connectivity index (χ0) is 48.9. The molecule has 2 aliphatic heterocycles. The molecule has 0 radical (unpaired) electrons. The average Bonchev–Trinajstić information content (AvgIpc) is 3.76. The lowest BCUT2D eigenvalue weighted by atomic mass is 9.99. The van der Waals surface area contributed by atoms with Crippen molar-refractivity contribution in [1.82, 2.24) is 19.9 Å². The zero-order valence-electron chi connectivity index (χ0n) is 37.9. The van der Waals surface area contributed by atoms with Crippen LogP contribution in [0.4, 0.5) is 4.39 Å². The molecule has 0 amide bonds. The lowest BCUT2D eigenvalue weighted by Crippen LogP contribution is -2.32. The Morgan fingerprint density at radius 2 is 1.66 bits per heavy atom. The van der Waals surface area contributed by atoms with E-state index in [9.17, 15) is 17.6 Å². The minimum absolute atomic E-state index is 0.0114. The van der Waals surface area contributed by atoms with E-state index in [1.165, 1.54) is 41.9 Å². The lowest BCUT2D eigenvalue weighted by molar-refractivity contribution is -0.151. The number of carbonyl (C=O) groups excluding carboxylic acids is 1. The fourth-order valence-corrected chi connectivity index (χ4v) is 10.6. The van der Waals surface area contributed by atoms with Crippen LogP contribution in [0.5, 0.6) is 23.1 Å². The highest BCUT2D eigenvalue weighted by Crippen LogP contribution is 2.50. The smallest absolute Gasteiger partial charge is 0.347 e. The number of hydrogen-bond donors (Lipinski definition) is 0. The molecule has 0 saturated heterocycles. The first-order valence-corrected chi connectivity index (χ1v) is 25.0. The van der Waals surface area contributed by atoms with E-state index in [2.05, 4.69) is 15.0 Å². The summed E-state index contributed by atoms with van der Waals surface area (Å²) in [6, 6.07) is 30.3. The van der Waals surface area contributed by atoms with Crippen LogP contribution in [0.1, 0.15) is 35.7 Å². The van der Waals surface area contributed by atoms with Crippen LogP contribution in [0, 0.1) is 12.7 Å². The van der Waals surface area contributed by atoms with Gasteiger partial charge >= 0.3 is 5.97 Å². The van der Waals surface area contributed by atoms with E-state index >= 15 is 0 Å². The van der Waals surface area contributed by atoms with Gasteiger partial charge in [-0.25, -0.2) is 29.1 Å². The van der Waals surface area contributed by atoms with Crippen LogP contribution in [0.15, 0.2) is 127 Å². The van der Waals surface area contributed by atoms with Crippen LogP contribution in [0.25, 0.3) is 43.2 Å². The number of hydrogen-bond acceptors (Lipinski definition) is 14. The Morgan fingerprint density at radius 1 is 0.886 bits per heavy atom. The van der Waals surface area contributed by atoms with Crippen molar-refractivity contribution < 1.29 is 45.5 Å². The number of aryl methyl sites for hydroxylation is 2. The third kappa shape index (κ3) is 10.7. The SMILES string of the molecule is CCOC(=O)[C@H]1Cc2cc(ccc2OCc2ccnc(-c3ccccc3OC)n2)CC[C@H](COS(=O)(=O)c2ccc(C)cc2)Oc2c(Cl)cc(cc2Cl)-c2c(-c3ccc(F)cc3)sc3ncnc(c23)O1. The van der Waals surface area contributed by atoms with Crippen LogP contribution in [0.2, 0.25) is 10.0 Å². The van der Waals surface area contributed by atoms with E-state index < -0.39 is 40.7 Å². The van der Waals surface area contributed by atoms with Gasteiger partial charge in [-0.1, -0.05) is 77.3 Å². The second-order valence-electron chi connectivity index (χ2n) is 16.1. The molecule has 0 spiro atoms. The summed E-state index contributed by atoms with van der Waals surface area (Å²) in [5.41, 5.74) is 5.22. The van der Waals surface area contributed by atoms with Gasteiger partial charge < -0.3 is 23.7 Å². The van der Waals surface area contributed by atoms with Crippen molar-refractivity contribution >= 4 is 60.8 Å². The first kappa shape index (κ1) is 48.3. The van der Waals surface area contributed by atoms with E-state index in [-0.39, 0.29) is 52.6 Å².